The number of ether oxygens (including phenoxy) is 1. The molecular formula is C15H22N6O2. The lowest BCUT2D eigenvalue weighted by Crippen LogP contribution is -2.31. The maximum Gasteiger partial charge on any atom is 0.218 e. The second kappa shape index (κ2) is 6.11. The van der Waals surface area contributed by atoms with Gasteiger partial charge in [0.2, 0.25) is 5.88 Å². The monoisotopic (exact) mass is 318 g/mol. The predicted octanol–water partition coefficient (Wildman–Crippen LogP) is 1.15. The smallest absolute Gasteiger partial charge is 0.218 e. The number of hydrogen-bond donors (Lipinski definition) is 1. The largest absolute Gasteiger partial charge is 0.478 e. The second-order valence-corrected chi connectivity index (χ2v) is 6.03. The van der Waals surface area contributed by atoms with Gasteiger partial charge in [-0.25, -0.2) is 14.6 Å². The molecule has 0 spiro atoms. The van der Waals surface area contributed by atoms with Gasteiger partial charge < -0.3 is 14.7 Å². The first-order valence-electron chi connectivity index (χ1n) is 7.86. The van der Waals surface area contributed by atoms with E-state index in [2.05, 4.69) is 20.3 Å². The summed E-state index contributed by atoms with van der Waals surface area (Å²) in [5.74, 6) is 1.29. The molecule has 3 rings (SSSR count). The van der Waals surface area contributed by atoms with Gasteiger partial charge in [-0.15, -0.1) is 5.10 Å². The molecule has 0 bridgehead atoms. The fraction of sp³-hybridized carbons (Fsp3) is 0.600. The van der Waals surface area contributed by atoms with Crippen molar-refractivity contribution in [2.45, 2.75) is 38.8 Å². The van der Waals surface area contributed by atoms with Crippen LogP contribution in [0.3, 0.4) is 0 Å². The number of aliphatic hydroxyl groups is 1. The molecule has 1 N–H and O–H groups in total. The summed E-state index contributed by atoms with van der Waals surface area (Å²) in [5.41, 5.74) is -0.406. The zero-order valence-corrected chi connectivity index (χ0v) is 13.7. The van der Waals surface area contributed by atoms with Crippen LogP contribution < -0.4 is 9.64 Å². The molecule has 0 saturated carbocycles. The Hall–Kier alpha value is -2.22. The van der Waals surface area contributed by atoms with Gasteiger partial charge in [-0.1, -0.05) is 5.21 Å². The van der Waals surface area contributed by atoms with Gasteiger partial charge in [-0.05, 0) is 20.8 Å². The number of anilines is 1. The van der Waals surface area contributed by atoms with Crippen LogP contribution in [0.4, 0.5) is 5.82 Å². The maximum absolute atomic E-state index is 10.9. The van der Waals surface area contributed by atoms with Crippen LogP contribution in [0.25, 0.3) is 0 Å². The quantitative estimate of drug-likeness (QED) is 0.884. The van der Waals surface area contributed by atoms with E-state index < -0.39 is 5.60 Å². The highest BCUT2D eigenvalue weighted by Crippen LogP contribution is 2.33. The Labute approximate surface area is 135 Å². The molecule has 1 fully saturated rings. The normalized spacial score (nSPS) is 21.2. The van der Waals surface area contributed by atoms with E-state index in [0.717, 1.165) is 5.82 Å². The standard InChI is InChI=1S/C15H22N6O2/c1-4-23-14-7-13(16-10-17-14)20-6-5-15(22,9-20)12-8-21(11(2)3)19-18-12/h7-8,10-11,22H,4-6,9H2,1-3H3. The van der Waals surface area contributed by atoms with E-state index in [4.69, 9.17) is 4.74 Å². The minimum Gasteiger partial charge on any atom is -0.478 e. The SMILES string of the molecule is CCOc1cc(N2CCC(O)(c3cn(C(C)C)nn3)C2)ncn1. The zero-order chi connectivity index (χ0) is 16.4. The lowest BCUT2D eigenvalue weighted by Gasteiger charge is -2.21. The first-order valence-corrected chi connectivity index (χ1v) is 7.86. The van der Waals surface area contributed by atoms with Gasteiger partial charge in [-0.2, -0.15) is 0 Å². The van der Waals surface area contributed by atoms with E-state index in [-0.39, 0.29) is 6.04 Å². The molecule has 3 heterocycles. The van der Waals surface area contributed by atoms with Crippen molar-refractivity contribution in [1.29, 1.82) is 0 Å². The lowest BCUT2D eigenvalue weighted by molar-refractivity contribution is 0.0559. The van der Waals surface area contributed by atoms with Crippen LogP contribution in [-0.2, 0) is 5.60 Å². The Bertz CT molecular complexity index is 673. The number of nitrogens with zero attached hydrogens (tertiary/aromatic N) is 6. The fourth-order valence-corrected chi connectivity index (χ4v) is 2.67. The van der Waals surface area contributed by atoms with Crippen molar-refractivity contribution in [2.75, 3.05) is 24.6 Å². The predicted molar refractivity (Wildman–Crippen MR) is 84.3 cm³/mol. The Morgan fingerprint density at radius 2 is 2.22 bits per heavy atom. The molecule has 8 nitrogen and oxygen atoms in total. The van der Waals surface area contributed by atoms with Crippen molar-refractivity contribution in [2.24, 2.45) is 0 Å². The minimum absolute atomic E-state index is 0.216. The van der Waals surface area contributed by atoms with Crippen LogP contribution in [-0.4, -0.2) is 49.8 Å². The molecule has 8 heteroatoms. The Morgan fingerprint density at radius 1 is 1.39 bits per heavy atom. The minimum atomic E-state index is -1.01. The molecule has 0 aromatic carbocycles. The van der Waals surface area contributed by atoms with Crippen LogP contribution >= 0.6 is 0 Å². The number of rotatable bonds is 5. The van der Waals surface area contributed by atoms with Crippen LogP contribution in [0.1, 0.15) is 38.9 Å². The molecule has 1 aliphatic heterocycles. The van der Waals surface area contributed by atoms with Crippen molar-refractivity contribution in [3.05, 3.63) is 24.3 Å². The molecule has 0 amide bonds. The Morgan fingerprint density at radius 3 is 2.91 bits per heavy atom. The van der Waals surface area contributed by atoms with Crippen molar-refractivity contribution >= 4 is 5.82 Å². The maximum atomic E-state index is 10.9. The molecular weight excluding hydrogens is 296 g/mol. The molecule has 1 saturated heterocycles. The molecule has 2 aromatic rings. The summed E-state index contributed by atoms with van der Waals surface area (Å²) in [6.07, 6.45) is 3.88. The van der Waals surface area contributed by atoms with Crippen molar-refractivity contribution in [3.8, 4) is 5.88 Å². The summed E-state index contributed by atoms with van der Waals surface area (Å²) in [6.45, 7) is 7.63. The van der Waals surface area contributed by atoms with E-state index in [0.29, 0.717) is 37.7 Å². The summed E-state index contributed by atoms with van der Waals surface area (Å²) in [7, 11) is 0. The topological polar surface area (TPSA) is 89.2 Å². The molecule has 0 radical (unpaired) electrons. The highest BCUT2D eigenvalue weighted by atomic mass is 16.5. The molecule has 23 heavy (non-hydrogen) atoms. The third-order valence-electron chi connectivity index (χ3n) is 4.01. The summed E-state index contributed by atoms with van der Waals surface area (Å²) < 4.78 is 7.16. The van der Waals surface area contributed by atoms with E-state index >= 15 is 0 Å². The van der Waals surface area contributed by atoms with E-state index in [1.54, 1.807) is 10.7 Å². The van der Waals surface area contributed by atoms with Crippen LogP contribution in [0.2, 0.25) is 0 Å². The van der Waals surface area contributed by atoms with Crippen molar-refractivity contribution in [1.82, 2.24) is 25.0 Å². The highest BCUT2D eigenvalue weighted by Gasteiger charge is 2.40. The molecule has 2 aromatic heterocycles. The van der Waals surface area contributed by atoms with Crippen LogP contribution in [0.5, 0.6) is 5.88 Å². The third kappa shape index (κ3) is 3.12. The Kier molecular flexibility index (Phi) is 4.16. The Balaban J connectivity index is 1.77. The van der Waals surface area contributed by atoms with Gasteiger partial charge in [0, 0.05) is 25.1 Å². The average molecular weight is 318 g/mol. The van der Waals surface area contributed by atoms with E-state index in [1.807, 2.05) is 31.9 Å². The third-order valence-corrected chi connectivity index (χ3v) is 4.01. The summed E-state index contributed by atoms with van der Waals surface area (Å²) in [4.78, 5) is 10.4. The summed E-state index contributed by atoms with van der Waals surface area (Å²) >= 11 is 0. The van der Waals surface area contributed by atoms with Gasteiger partial charge in [0.15, 0.2) is 0 Å². The van der Waals surface area contributed by atoms with E-state index in [9.17, 15) is 5.11 Å². The second-order valence-electron chi connectivity index (χ2n) is 6.03. The molecule has 124 valence electrons. The van der Waals surface area contributed by atoms with Crippen molar-refractivity contribution in [3.63, 3.8) is 0 Å². The number of hydrogen-bond acceptors (Lipinski definition) is 7. The van der Waals surface area contributed by atoms with Gasteiger partial charge in [0.05, 0.1) is 19.3 Å². The van der Waals surface area contributed by atoms with E-state index in [1.165, 1.54) is 6.33 Å². The molecule has 0 aliphatic carbocycles. The summed E-state index contributed by atoms with van der Waals surface area (Å²) in [6, 6.07) is 2.01. The van der Waals surface area contributed by atoms with Crippen LogP contribution in [0.15, 0.2) is 18.6 Å². The highest BCUT2D eigenvalue weighted by molar-refractivity contribution is 5.43. The van der Waals surface area contributed by atoms with Gasteiger partial charge in [0.1, 0.15) is 23.4 Å². The van der Waals surface area contributed by atoms with Gasteiger partial charge >= 0.3 is 0 Å². The lowest BCUT2D eigenvalue weighted by atomic mass is 10.00. The van der Waals surface area contributed by atoms with Crippen molar-refractivity contribution < 1.29 is 9.84 Å². The van der Waals surface area contributed by atoms with Crippen LogP contribution in [0, 0.1) is 0 Å². The summed E-state index contributed by atoms with van der Waals surface area (Å²) in [5, 5.41) is 19.2. The fourth-order valence-electron chi connectivity index (χ4n) is 2.67. The first-order chi connectivity index (χ1) is 11.0. The molecule has 1 unspecified atom stereocenters. The number of β-amino-alcohol motifs (C(OH)–C–C–N with tert-alkyl or cyclic N) is 1. The molecule has 1 aliphatic rings. The average Bonchev–Trinajstić information content (AvgIpc) is 3.16. The number of aromatic nitrogens is 5. The first kappa shape index (κ1) is 15.7. The van der Waals surface area contributed by atoms with Gasteiger partial charge in [-0.3, -0.25) is 0 Å². The zero-order valence-electron chi connectivity index (χ0n) is 13.7. The van der Waals surface area contributed by atoms with Gasteiger partial charge in [0.25, 0.3) is 0 Å². The molecule has 1 atom stereocenters.